The van der Waals surface area contributed by atoms with E-state index in [-0.39, 0.29) is 0 Å². The molecule has 2 heterocycles. The molecule has 0 aliphatic carbocycles. The zero-order valence-corrected chi connectivity index (χ0v) is 10.7. The summed E-state index contributed by atoms with van der Waals surface area (Å²) in [5.41, 5.74) is 2.05. The van der Waals surface area contributed by atoms with Gasteiger partial charge in [-0.25, -0.2) is 9.97 Å². The van der Waals surface area contributed by atoms with Crippen molar-refractivity contribution in [1.82, 2.24) is 15.0 Å². The molecule has 0 spiro atoms. The minimum atomic E-state index is 0.329. The minimum Gasteiger partial charge on any atom is -0.251 e. The van der Waals surface area contributed by atoms with Crippen molar-refractivity contribution in [3.8, 4) is 11.4 Å². The number of halogens is 2. The maximum atomic E-state index is 6.12. The van der Waals surface area contributed by atoms with E-state index in [1.165, 1.54) is 0 Å². The van der Waals surface area contributed by atoms with E-state index in [0.717, 1.165) is 5.56 Å². The van der Waals surface area contributed by atoms with E-state index in [4.69, 9.17) is 23.2 Å². The van der Waals surface area contributed by atoms with Crippen molar-refractivity contribution in [2.75, 3.05) is 0 Å². The van der Waals surface area contributed by atoms with Gasteiger partial charge in [0.15, 0.2) is 11.0 Å². The van der Waals surface area contributed by atoms with Crippen LogP contribution in [0.4, 0.5) is 0 Å². The molecule has 0 N–H and O–H groups in total. The zero-order chi connectivity index (χ0) is 12.5. The van der Waals surface area contributed by atoms with Crippen LogP contribution in [0.5, 0.6) is 0 Å². The number of benzene rings is 1. The third-order valence-corrected chi connectivity index (χ3v) is 3.12. The Labute approximate surface area is 113 Å². The van der Waals surface area contributed by atoms with Crippen LogP contribution in [0.2, 0.25) is 10.2 Å². The van der Waals surface area contributed by atoms with E-state index in [2.05, 4.69) is 15.0 Å². The highest BCUT2D eigenvalue weighted by Crippen LogP contribution is 2.27. The summed E-state index contributed by atoms with van der Waals surface area (Å²) >= 11 is 12.2. The Kier molecular flexibility index (Phi) is 2.86. The van der Waals surface area contributed by atoms with Crippen LogP contribution in [0.25, 0.3) is 22.4 Å². The summed E-state index contributed by atoms with van der Waals surface area (Å²) in [6, 6.07) is 11.0. The lowest BCUT2D eigenvalue weighted by molar-refractivity contribution is 1.20. The first-order chi connectivity index (χ1) is 8.75. The smallest absolute Gasteiger partial charge is 0.163 e. The standard InChI is InChI=1S/C13H7Cl2N3/c14-9-5-2-1-4-8(9)13-17-10-6-3-7-16-11(10)12(15)18-13/h1-7H. The van der Waals surface area contributed by atoms with Crippen LogP contribution in [0.1, 0.15) is 0 Å². The first kappa shape index (κ1) is 11.4. The highest BCUT2D eigenvalue weighted by atomic mass is 35.5. The van der Waals surface area contributed by atoms with Crippen molar-refractivity contribution in [2.45, 2.75) is 0 Å². The Balaban J connectivity index is 2.28. The number of nitrogens with zero attached hydrogens (tertiary/aromatic N) is 3. The molecule has 3 nitrogen and oxygen atoms in total. The Morgan fingerprint density at radius 1 is 0.889 bits per heavy atom. The maximum Gasteiger partial charge on any atom is 0.163 e. The molecule has 0 aliphatic rings. The van der Waals surface area contributed by atoms with Gasteiger partial charge in [-0.3, -0.25) is 4.98 Å². The fourth-order valence-corrected chi connectivity index (χ4v) is 2.14. The Morgan fingerprint density at radius 2 is 1.72 bits per heavy atom. The van der Waals surface area contributed by atoms with Gasteiger partial charge in [0.2, 0.25) is 0 Å². The molecule has 0 saturated carbocycles. The number of rotatable bonds is 1. The van der Waals surface area contributed by atoms with E-state index in [9.17, 15) is 0 Å². The second-order valence-electron chi connectivity index (χ2n) is 3.69. The Hall–Kier alpha value is -1.71. The van der Waals surface area contributed by atoms with Crippen LogP contribution in [0.15, 0.2) is 42.6 Å². The van der Waals surface area contributed by atoms with Gasteiger partial charge in [0.05, 0.1) is 10.5 Å². The van der Waals surface area contributed by atoms with Gasteiger partial charge < -0.3 is 0 Å². The topological polar surface area (TPSA) is 38.7 Å². The summed E-state index contributed by atoms with van der Waals surface area (Å²) in [6.45, 7) is 0. The second kappa shape index (κ2) is 4.52. The lowest BCUT2D eigenvalue weighted by Gasteiger charge is -2.05. The van der Waals surface area contributed by atoms with Gasteiger partial charge in [0.1, 0.15) is 5.52 Å². The molecule has 0 saturated heterocycles. The molecule has 0 aliphatic heterocycles. The molecule has 2 aromatic heterocycles. The van der Waals surface area contributed by atoms with Crippen LogP contribution in [0, 0.1) is 0 Å². The summed E-state index contributed by atoms with van der Waals surface area (Å²) in [7, 11) is 0. The van der Waals surface area contributed by atoms with Gasteiger partial charge in [0, 0.05) is 11.8 Å². The van der Waals surface area contributed by atoms with Gasteiger partial charge >= 0.3 is 0 Å². The molecular weight excluding hydrogens is 269 g/mol. The van der Waals surface area contributed by atoms with Crippen molar-refractivity contribution in [2.24, 2.45) is 0 Å². The normalized spacial score (nSPS) is 10.8. The zero-order valence-electron chi connectivity index (χ0n) is 9.14. The molecule has 88 valence electrons. The van der Waals surface area contributed by atoms with E-state index >= 15 is 0 Å². The van der Waals surface area contributed by atoms with Crippen molar-refractivity contribution in [3.05, 3.63) is 52.8 Å². The van der Waals surface area contributed by atoms with Gasteiger partial charge in [-0.2, -0.15) is 0 Å². The average molecular weight is 276 g/mol. The fourth-order valence-electron chi connectivity index (χ4n) is 1.69. The third kappa shape index (κ3) is 1.92. The first-order valence-electron chi connectivity index (χ1n) is 5.29. The van der Waals surface area contributed by atoms with Crippen molar-refractivity contribution < 1.29 is 0 Å². The molecule has 0 amide bonds. The summed E-state index contributed by atoms with van der Waals surface area (Å²) < 4.78 is 0. The molecule has 0 radical (unpaired) electrons. The second-order valence-corrected chi connectivity index (χ2v) is 4.45. The summed E-state index contributed by atoms with van der Waals surface area (Å²) in [5, 5.41) is 0.923. The summed E-state index contributed by atoms with van der Waals surface area (Å²) in [4.78, 5) is 12.8. The van der Waals surface area contributed by atoms with Crippen LogP contribution in [-0.2, 0) is 0 Å². The monoisotopic (exact) mass is 275 g/mol. The van der Waals surface area contributed by atoms with E-state index in [1.807, 2.05) is 30.3 Å². The number of aromatic nitrogens is 3. The van der Waals surface area contributed by atoms with Crippen molar-refractivity contribution in [3.63, 3.8) is 0 Å². The number of hydrogen-bond acceptors (Lipinski definition) is 3. The number of fused-ring (bicyclic) bond motifs is 1. The SMILES string of the molecule is Clc1ccccc1-c1nc(Cl)c2ncccc2n1. The molecule has 18 heavy (non-hydrogen) atoms. The summed E-state index contributed by atoms with van der Waals surface area (Å²) in [5.74, 6) is 0.506. The predicted octanol–water partition coefficient (Wildman–Crippen LogP) is 4.00. The molecule has 5 heteroatoms. The molecule has 0 atom stereocenters. The fraction of sp³-hybridized carbons (Fsp3) is 0. The largest absolute Gasteiger partial charge is 0.251 e. The van der Waals surface area contributed by atoms with E-state index in [1.54, 1.807) is 12.3 Å². The third-order valence-electron chi connectivity index (χ3n) is 2.53. The Bertz CT molecular complexity index is 728. The van der Waals surface area contributed by atoms with Crippen molar-refractivity contribution in [1.29, 1.82) is 0 Å². The molecule has 0 fully saturated rings. The molecule has 3 rings (SSSR count). The van der Waals surface area contributed by atoms with Gasteiger partial charge in [-0.1, -0.05) is 35.3 Å². The maximum absolute atomic E-state index is 6.12. The molecule has 0 unspecified atom stereocenters. The van der Waals surface area contributed by atoms with E-state index in [0.29, 0.717) is 27.0 Å². The quantitative estimate of drug-likeness (QED) is 0.630. The van der Waals surface area contributed by atoms with Gasteiger partial charge in [-0.05, 0) is 24.3 Å². The van der Waals surface area contributed by atoms with Crippen LogP contribution < -0.4 is 0 Å². The van der Waals surface area contributed by atoms with Crippen LogP contribution in [0.3, 0.4) is 0 Å². The van der Waals surface area contributed by atoms with Gasteiger partial charge in [-0.15, -0.1) is 0 Å². The van der Waals surface area contributed by atoms with E-state index < -0.39 is 0 Å². The average Bonchev–Trinajstić information content (AvgIpc) is 2.39. The van der Waals surface area contributed by atoms with Crippen LogP contribution >= 0.6 is 23.2 Å². The molecule has 3 aromatic rings. The number of hydrogen-bond donors (Lipinski definition) is 0. The van der Waals surface area contributed by atoms with Crippen molar-refractivity contribution >= 4 is 34.2 Å². The highest BCUT2D eigenvalue weighted by molar-refractivity contribution is 6.34. The lowest BCUT2D eigenvalue weighted by Crippen LogP contribution is -1.93. The minimum absolute atomic E-state index is 0.329. The summed E-state index contributed by atoms with van der Waals surface area (Å²) in [6.07, 6.45) is 1.66. The first-order valence-corrected chi connectivity index (χ1v) is 6.04. The highest BCUT2D eigenvalue weighted by Gasteiger charge is 2.10. The Morgan fingerprint density at radius 3 is 2.56 bits per heavy atom. The van der Waals surface area contributed by atoms with Crippen LogP contribution in [-0.4, -0.2) is 15.0 Å². The van der Waals surface area contributed by atoms with Gasteiger partial charge in [0.25, 0.3) is 0 Å². The predicted molar refractivity (Wildman–Crippen MR) is 72.8 cm³/mol. The number of pyridine rings is 1. The molecule has 0 bridgehead atoms. The molecular formula is C13H7Cl2N3. The molecule has 1 aromatic carbocycles. The lowest BCUT2D eigenvalue weighted by atomic mass is 10.2.